The number of piperidine rings is 1. The van der Waals surface area contributed by atoms with E-state index in [-0.39, 0.29) is 23.6 Å². The van der Waals surface area contributed by atoms with Crippen LogP contribution in [-0.2, 0) is 9.53 Å². The van der Waals surface area contributed by atoms with Gasteiger partial charge < -0.3 is 24.8 Å². The molecule has 0 radical (unpaired) electrons. The van der Waals surface area contributed by atoms with Crippen molar-refractivity contribution in [1.82, 2.24) is 20.2 Å². The van der Waals surface area contributed by atoms with Gasteiger partial charge in [0.05, 0.1) is 13.2 Å². The van der Waals surface area contributed by atoms with Crippen LogP contribution in [0.2, 0.25) is 0 Å². The molecule has 2 saturated heterocycles. The van der Waals surface area contributed by atoms with Crippen LogP contribution in [-0.4, -0.2) is 72.3 Å². The predicted octanol–water partition coefficient (Wildman–Crippen LogP) is -0.0343. The van der Waals surface area contributed by atoms with Gasteiger partial charge in [0.25, 0.3) is 5.56 Å². The molecule has 2 N–H and O–H groups in total. The normalized spacial score (nSPS) is 22.7. The minimum Gasteiger partial charge on any atom is -0.378 e. The molecule has 0 aromatic carbocycles. The summed E-state index contributed by atoms with van der Waals surface area (Å²) < 4.78 is 5.29. The maximum absolute atomic E-state index is 12.3. The van der Waals surface area contributed by atoms with E-state index in [0.717, 1.165) is 25.9 Å². The topological polar surface area (TPSA) is 90.6 Å². The monoisotopic (exact) mass is 349 g/mol. The van der Waals surface area contributed by atoms with E-state index in [2.05, 4.69) is 15.3 Å². The zero-order valence-corrected chi connectivity index (χ0v) is 14.7. The molecule has 3 rings (SSSR count). The molecule has 1 amide bonds. The third kappa shape index (κ3) is 4.79. The molecular formula is C17H27N5O3. The van der Waals surface area contributed by atoms with Crippen molar-refractivity contribution in [2.45, 2.75) is 38.3 Å². The molecule has 3 heterocycles. The lowest BCUT2D eigenvalue weighted by Gasteiger charge is -2.35. The highest BCUT2D eigenvalue weighted by molar-refractivity contribution is 5.76. The van der Waals surface area contributed by atoms with Gasteiger partial charge >= 0.3 is 0 Å². The molecule has 138 valence electrons. The number of nitrogens with one attached hydrogen (secondary N) is 2. The molecule has 0 unspecified atom stereocenters. The summed E-state index contributed by atoms with van der Waals surface area (Å²) in [4.78, 5) is 35.1. The Balaban J connectivity index is 1.51. The smallest absolute Gasteiger partial charge is 0.290 e. The molecule has 25 heavy (non-hydrogen) atoms. The fourth-order valence-corrected chi connectivity index (χ4v) is 3.54. The van der Waals surface area contributed by atoms with Crippen LogP contribution in [0.4, 0.5) is 5.82 Å². The average molecular weight is 349 g/mol. The predicted molar refractivity (Wildman–Crippen MR) is 94.7 cm³/mol. The van der Waals surface area contributed by atoms with Gasteiger partial charge in [-0.1, -0.05) is 0 Å². The Bertz CT molecular complexity index is 629. The molecule has 2 aliphatic heterocycles. The number of carbonyl (C=O) groups excluding carboxylic acids is 1. The van der Waals surface area contributed by atoms with Crippen LogP contribution in [0.25, 0.3) is 0 Å². The molecule has 0 aliphatic carbocycles. The number of anilines is 1. The van der Waals surface area contributed by atoms with Crippen LogP contribution < -0.4 is 15.8 Å². The molecule has 1 aromatic rings. The van der Waals surface area contributed by atoms with Crippen LogP contribution in [0.3, 0.4) is 0 Å². The second kappa shape index (κ2) is 8.44. The van der Waals surface area contributed by atoms with Crippen LogP contribution in [0.15, 0.2) is 17.2 Å². The third-order valence-corrected chi connectivity index (χ3v) is 4.77. The Morgan fingerprint density at radius 2 is 2.24 bits per heavy atom. The molecule has 0 bridgehead atoms. The van der Waals surface area contributed by atoms with Gasteiger partial charge in [-0.05, 0) is 19.8 Å². The van der Waals surface area contributed by atoms with Crippen molar-refractivity contribution < 1.29 is 9.53 Å². The summed E-state index contributed by atoms with van der Waals surface area (Å²) >= 11 is 0. The maximum atomic E-state index is 12.3. The molecule has 2 atom stereocenters. The van der Waals surface area contributed by atoms with E-state index in [1.165, 1.54) is 0 Å². The minimum absolute atomic E-state index is 0.0994. The van der Waals surface area contributed by atoms with Crippen molar-refractivity contribution in [1.29, 1.82) is 0 Å². The molecule has 8 nitrogen and oxygen atoms in total. The molecule has 0 spiro atoms. The number of ether oxygens (including phenoxy) is 1. The van der Waals surface area contributed by atoms with Crippen molar-refractivity contribution in [3.05, 3.63) is 22.7 Å². The summed E-state index contributed by atoms with van der Waals surface area (Å²) in [6.45, 7) is 6.24. The van der Waals surface area contributed by atoms with Crippen LogP contribution in [0.1, 0.15) is 26.2 Å². The van der Waals surface area contributed by atoms with E-state index in [1.807, 2.05) is 16.7 Å². The van der Waals surface area contributed by atoms with Gasteiger partial charge in [-0.2, -0.15) is 0 Å². The van der Waals surface area contributed by atoms with E-state index in [1.54, 1.807) is 12.4 Å². The number of aromatic amines is 1. The summed E-state index contributed by atoms with van der Waals surface area (Å²) in [5.74, 6) is 0.656. The first-order chi connectivity index (χ1) is 12.1. The number of hydrogen-bond donors (Lipinski definition) is 2. The lowest BCUT2D eigenvalue weighted by Crippen LogP contribution is -2.51. The first kappa shape index (κ1) is 17.9. The van der Waals surface area contributed by atoms with E-state index in [0.29, 0.717) is 38.5 Å². The van der Waals surface area contributed by atoms with E-state index < -0.39 is 0 Å². The van der Waals surface area contributed by atoms with Gasteiger partial charge in [0.15, 0.2) is 5.82 Å². The number of aromatic nitrogens is 2. The van der Waals surface area contributed by atoms with E-state index >= 15 is 0 Å². The van der Waals surface area contributed by atoms with Gasteiger partial charge in [-0.15, -0.1) is 0 Å². The Morgan fingerprint density at radius 3 is 3.00 bits per heavy atom. The quantitative estimate of drug-likeness (QED) is 0.776. The summed E-state index contributed by atoms with van der Waals surface area (Å²) in [5, 5.41) is 3.55. The lowest BCUT2D eigenvalue weighted by atomic mass is 10.0. The summed E-state index contributed by atoms with van der Waals surface area (Å²) in [7, 11) is 0. The second-order valence-corrected chi connectivity index (χ2v) is 6.79. The highest BCUT2D eigenvalue weighted by Crippen LogP contribution is 2.15. The third-order valence-electron chi connectivity index (χ3n) is 4.77. The molecule has 0 saturated carbocycles. The average Bonchev–Trinajstić information content (AvgIpc) is 2.63. The van der Waals surface area contributed by atoms with E-state index in [4.69, 9.17) is 4.74 Å². The minimum atomic E-state index is -0.154. The van der Waals surface area contributed by atoms with Crippen LogP contribution in [0, 0.1) is 0 Å². The van der Waals surface area contributed by atoms with Gasteiger partial charge in [0, 0.05) is 57.1 Å². The fourth-order valence-electron chi connectivity index (χ4n) is 3.54. The lowest BCUT2D eigenvalue weighted by molar-refractivity contribution is -0.135. The number of nitrogens with zero attached hydrogens (tertiary/aromatic N) is 3. The largest absolute Gasteiger partial charge is 0.378 e. The highest BCUT2D eigenvalue weighted by Gasteiger charge is 2.25. The summed E-state index contributed by atoms with van der Waals surface area (Å²) in [6.07, 6.45) is 5.68. The SMILES string of the molecule is C[C@H](CC(=O)N1CCOCC1)N[C@@H]1CCCN(c2ncc[nH]c2=O)C1. The second-order valence-electron chi connectivity index (χ2n) is 6.79. The number of hydrogen-bond acceptors (Lipinski definition) is 6. The van der Waals surface area contributed by atoms with Crippen LogP contribution >= 0.6 is 0 Å². The number of carbonyl (C=O) groups is 1. The molecule has 2 fully saturated rings. The van der Waals surface area contributed by atoms with Gasteiger partial charge in [0.1, 0.15) is 0 Å². The van der Waals surface area contributed by atoms with Gasteiger partial charge in [0.2, 0.25) is 5.91 Å². The maximum Gasteiger partial charge on any atom is 0.290 e. The van der Waals surface area contributed by atoms with Gasteiger partial charge in [-0.25, -0.2) is 4.98 Å². The number of rotatable bonds is 5. The highest BCUT2D eigenvalue weighted by atomic mass is 16.5. The van der Waals surface area contributed by atoms with Crippen molar-refractivity contribution in [3.63, 3.8) is 0 Å². The summed E-state index contributed by atoms with van der Waals surface area (Å²) in [6, 6.07) is 0.352. The number of amides is 1. The van der Waals surface area contributed by atoms with Crippen molar-refractivity contribution in [3.8, 4) is 0 Å². The Hall–Kier alpha value is -1.93. The number of morpholine rings is 1. The molecule has 1 aromatic heterocycles. The zero-order chi connectivity index (χ0) is 17.6. The Morgan fingerprint density at radius 1 is 1.44 bits per heavy atom. The number of H-pyrrole nitrogens is 1. The molecular weight excluding hydrogens is 322 g/mol. The fraction of sp³-hybridized carbons (Fsp3) is 0.706. The zero-order valence-electron chi connectivity index (χ0n) is 14.7. The van der Waals surface area contributed by atoms with E-state index in [9.17, 15) is 9.59 Å². The van der Waals surface area contributed by atoms with Crippen molar-refractivity contribution in [2.75, 3.05) is 44.3 Å². The Kier molecular flexibility index (Phi) is 6.04. The van der Waals surface area contributed by atoms with Crippen molar-refractivity contribution >= 4 is 11.7 Å². The summed E-state index contributed by atoms with van der Waals surface area (Å²) in [5.41, 5.74) is -0.154. The molecule has 2 aliphatic rings. The molecule has 8 heteroatoms. The van der Waals surface area contributed by atoms with Crippen molar-refractivity contribution in [2.24, 2.45) is 0 Å². The Labute approximate surface area is 147 Å². The van der Waals surface area contributed by atoms with Crippen LogP contribution in [0.5, 0.6) is 0 Å². The first-order valence-corrected chi connectivity index (χ1v) is 9.03. The standard InChI is InChI=1S/C17H27N5O3/c1-13(11-15(23)21-7-9-25-10-8-21)20-14-3-2-6-22(12-14)16-17(24)19-5-4-18-16/h4-5,13-14,20H,2-3,6-12H2,1H3,(H,19,24)/t13-,14-/m1/s1. The van der Waals surface area contributed by atoms with Gasteiger partial charge in [-0.3, -0.25) is 9.59 Å². The first-order valence-electron chi connectivity index (χ1n) is 9.03.